The van der Waals surface area contributed by atoms with Gasteiger partial charge in [0.2, 0.25) is 0 Å². The van der Waals surface area contributed by atoms with Crippen LogP contribution in [0, 0.1) is 0 Å². The van der Waals surface area contributed by atoms with E-state index in [0.29, 0.717) is 12.4 Å². The summed E-state index contributed by atoms with van der Waals surface area (Å²) in [6.45, 7) is 3.60. The van der Waals surface area contributed by atoms with Gasteiger partial charge in [0.05, 0.1) is 6.61 Å². The summed E-state index contributed by atoms with van der Waals surface area (Å²) in [5.41, 5.74) is 2.50. The Labute approximate surface area is 141 Å². The molecule has 4 rings (SSSR count). The first-order valence-electron chi connectivity index (χ1n) is 8.48. The van der Waals surface area contributed by atoms with Gasteiger partial charge in [-0.1, -0.05) is 42.5 Å². The highest BCUT2D eigenvalue weighted by atomic mass is 19.3. The van der Waals surface area contributed by atoms with Gasteiger partial charge in [-0.25, -0.2) is 8.78 Å². The van der Waals surface area contributed by atoms with Gasteiger partial charge in [-0.3, -0.25) is 4.90 Å². The standard InChI is InChI=1S/C20H21F2NO/c21-19(22)16-6-7-17-18(12-16)24-14-20(17)8-10-23(11-9-20)13-15-4-2-1-3-5-15/h1-7,12,19H,8-11,13-14H2. The molecule has 4 heteroatoms. The van der Waals surface area contributed by atoms with E-state index in [-0.39, 0.29) is 11.0 Å². The molecule has 2 aliphatic heterocycles. The minimum Gasteiger partial charge on any atom is -0.492 e. The number of alkyl halides is 2. The van der Waals surface area contributed by atoms with Crippen molar-refractivity contribution < 1.29 is 13.5 Å². The number of halogens is 2. The van der Waals surface area contributed by atoms with Crippen LogP contribution >= 0.6 is 0 Å². The van der Waals surface area contributed by atoms with E-state index in [0.717, 1.165) is 38.0 Å². The highest BCUT2D eigenvalue weighted by Gasteiger charge is 2.43. The Morgan fingerprint density at radius 2 is 1.79 bits per heavy atom. The first-order chi connectivity index (χ1) is 11.7. The summed E-state index contributed by atoms with van der Waals surface area (Å²) in [4.78, 5) is 2.46. The van der Waals surface area contributed by atoms with Crippen LogP contribution in [0.4, 0.5) is 8.78 Å². The number of fused-ring (bicyclic) bond motifs is 2. The molecular weight excluding hydrogens is 308 g/mol. The summed E-state index contributed by atoms with van der Waals surface area (Å²) in [6.07, 6.45) is -0.412. The number of rotatable bonds is 3. The molecule has 126 valence electrons. The predicted molar refractivity (Wildman–Crippen MR) is 89.5 cm³/mol. The summed E-state index contributed by atoms with van der Waals surface area (Å²) in [5, 5.41) is 0. The van der Waals surface area contributed by atoms with Crippen LogP contribution in [0.3, 0.4) is 0 Å². The van der Waals surface area contributed by atoms with Crippen molar-refractivity contribution >= 4 is 0 Å². The number of likely N-dealkylation sites (tertiary alicyclic amines) is 1. The van der Waals surface area contributed by atoms with Crippen molar-refractivity contribution in [2.24, 2.45) is 0 Å². The summed E-state index contributed by atoms with van der Waals surface area (Å²) in [5.74, 6) is 0.657. The van der Waals surface area contributed by atoms with Crippen LogP contribution in [-0.2, 0) is 12.0 Å². The second-order valence-corrected chi connectivity index (χ2v) is 6.89. The van der Waals surface area contributed by atoms with E-state index in [1.165, 1.54) is 11.6 Å². The van der Waals surface area contributed by atoms with Crippen LogP contribution < -0.4 is 4.74 Å². The molecule has 0 bridgehead atoms. The first-order valence-corrected chi connectivity index (χ1v) is 8.48. The maximum absolute atomic E-state index is 12.9. The summed E-state index contributed by atoms with van der Waals surface area (Å²) >= 11 is 0. The normalized spacial score (nSPS) is 19.5. The van der Waals surface area contributed by atoms with E-state index >= 15 is 0 Å². The summed E-state index contributed by atoms with van der Waals surface area (Å²) in [6, 6.07) is 15.4. The van der Waals surface area contributed by atoms with E-state index in [2.05, 4.69) is 29.2 Å². The molecule has 24 heavy (non-hydrogen) atoms. The average Bonchev–Trinajstić information content (AvgIpc) is 2.96. The first kappa shape index (κ1) is 15.6. The SMILES string of the molecule is FC(F)c1ccc2c(c1)OCC21CCN(Cc2ccccc2)CC1. The molecule has 0 aromatic heterocycles. The van der Waals surface area contributed by atoms with Crippen LogP contribution in [0.25, 0.3) is 0 Å². The van der Waals surface area contributed by atoms with E-state index in [9.17, 15) is 8.78 Å². The molecule has 0 saturated carbocycles. The summed E-state index contributed by atoms with van der Waals surface area (Å²) in [7, 11) is 0. The number of hydrogen-bond acceptors (Lipinski definition) is 2. The van der Waals surface area contributed by atoms with Gasteiger partial charge in [-0.05, 0) is 37.6 Å². The Hall–Kier alpha value is -1.94. The largest absolute Gasteiger partial charge is 0.492 e. The molecule has 0 amide bonds. The van der Waals surface area contributed by atoms with Gasteiger partial charge in [0.15, 0.2) is 0 Å². The van der Waals surface area contributed by atoms with Gasteiger partial charge in [0.25, 0.3) is 6.43 Å². The molecule has 0 N–H and O–H groups in total. The highest BCUT2D eigenvalue weighted by Crippen LogP contribution is 2.46. The second-order valence-electron chi connectivity index (χ2n) is 6.89. The number of ether oxygens (including phenoxy) is 1. The molecule has 0 radical (unpaired) electrons. The second kappa shape index (κ2) is 6.17. The smallest absolute Gasteiger partial charge is 0.263 e. The number of piperidine rings is 1. The number of benzene rings is 2. The lowest BCUT2D eigenvalue weighted by molar-refractivity contribution is 0.130. The molecule has 2 heterocycles. The molecule has 0 unspecified atom stereocenters. The van der Waals surface area contributed by atoms with E-state index in [4.69, 9.17) is 4.74 Å². The number of hydrogen-bond donors (Lipinski definition) is 0. The zero-order chi connectivity index (χ0) is 16.6. The van der Waals surface area contributed by atoms with Crippen molar-refractivity contribution in [3.63, 3.8) is 0 Å². The lowest BCUT2D eigenvalue weighted by atomic mass is 9.74. The van der Waals surface area contributed by atoms with Gasteiger partial charge in [0.1, 0.15) is 5.75 Å². The molecule has 0 aliphatic carbocycles. The third-order valence-corrected chi connectivity index (χ3v) is 5.40. The van der Waals surface area contributed by atoms with Gasteiger partial charge < -0.3 is 4.74 Å². The lowest BCUT2D eigenvalue weighted by Crippen LogP contribution is -2.43. The molecule has 1 spiro atoms. The zero-order valence-corrected chi connectivity index (χ0v) is 13.6. The molecule has 2 aromatic carbocycles. The van der Waals surface area contributed by atoms with Crippen LogP contribution in [0.15, 0.2) is 48.5 Å². The maximum Gasteiger partial charge on any atom is 0.263 e. The Balaban J connectivity index is 1.47. The Morgan fingerprint density at radius 3 is 2.50 bits per heavy atom. The molecule has 2 nitrogen and oxygen atoms in total. The minimum atomic E-state index is -2.44. The molecular formula is C20H21F2NO. The zero-order valence-electron chi connectivity index (χ0n) is 13.6. The maximum atomic E-state index is 12.9. The van der Waals surface area contributed by atoms with Crippen LogP contribution in [0.1, 0.15) is 36.0 Å². The average molecular weight is 329 g/mol. The van der Waals surface area contributed by atoms with Crippen molar-refractivity contribution in [3.8, 4) is 5.75 Å². The van der Waals surface area contributed by atoms with Gasteiger partial charge in [-0.2, -0.15) is 0 Å². The molecule has 2 aliphatic rings. The molecule has 0 atom stereocenters. The Bertz CT molecular complexity index is 709. The highest BCUT2D eigenvalue weighted by molar-refractivity contribution is 5.46. The van der Waals surface area contributed by atoms with Gasteiger partial charge in [0, 0.05) is 23.1 Å². The fourth-order valence-corrected chi connectivity index (χ4v) is 3.92. The quantitative estimate of drug-likeness (QED) is 0.819. The number of nitrogens with zero attached hydrogens (tertiary/aromatic N) is 1. The fraction of sp³-hybridized carbons (Fsp3) is 0.400. The Morgan fingerprint density at radius 1 is 1.04 bits per heavy atom. The third-order valence-electron chi connectivity index (χ3n) is 5.40. The van der Waals surface area contributed by atoms with E-state index in [1.54, 1.807) is 6.07 Å². The third kappa shape index (κ3) is 2.80. The topological polar surface area (TPSA) is 12.5 Å². The van der Waals surface area contributed by atoms with Crippen LogP contribution in [0.2, 0.25) is 0 Å². The predicted octanol–water partition coefficient (Wildman–Crippen LogP) is 4.55. The van der Waals surface area contributed by atoms with Crippen molar-refractivity contribution in [2.75, 3.05) is 19.7 Å². The Kier molecular flexibility index (Phi) is 4.01. The van der Waals surface area contributed by atoms with Crippen molar-refractivity contribution in [2.45, 2.75) is 31.2 Å². The van der Waals surface area contributed by atoms with Crippen molar-refractivity contribution in [1.82, 2.24) is 4.90 Å². The van der Waals surface area contributed by atoms with Crippen molar-refractivity contribution in [1.29, 1.82) is 0 Å². The fourth-order valence-electron chi connectivity index (χ4n) is 3.92. The van der Waals surface area contributed by atoms with Gasteiger partial charge >= 0.3 is 0 Å². The van der Waals surface area contributed by atoms with E-state index < -0.39 is 6.43 Å². The van der Waals surface area contributed by atoms with Crippen molar-refractivity contribution in [3.05, 3.63) is 65.2 Å². The van der Waals surface area contributed by atoms with Crippen LogP contribution in [-0.4, -0.2) is 24.6 Å². The summed E-state index contributed by atoms with van der Waals surface area (Å²) < 4.78 is 31.5. The monoisotopic (exact) mass is 329 g/mol. The molecule has 1 saturated heterocycles. The van der Waals surface area contributed by atoms with Gasteiger partial charge in [-0.15, -0.1) is 0 Å². The lowest BCUT2D eigenvalue weighted by Gasteiger charge is -2.38. The molecule has 1 fully saturated rings. The molecule has 2 aromatic rings. The van der Waals surface area contributed by atoms with E-state index in [1.807, 2.05) is 12.1 Å². The van der Waals surface area contributed by atoms with Crippen LogP contribution in [0.5, 0.6) is 5.75 Å². The minimum absolute atomic E-state index is 0.00315.